The molecule has 1 saturated heterocycles. The molecule has 0 saturated carbocycles. The lowest BCUT2D eigenvalue weighted by Gasteiger charge is -2.23. The number of para-hydroxylation sites is 1. The first-order valence-electron chi connectivity index (χ1n) is 6.43. The summed E-state index contributed by atoms with van der Waals surface area (Å²) in [6.45, 7) is 7.45. The summed E-state index contributed by atoms with van der Waals surface area (Å²) in [5, 5.41) is -0.368. The molecule has 1 fully saturated rings. The van der Waals surface area contributed by atoms with Gasteiger partial charge in [0, 0.05) is 19.3 Å². The molecule has 0 amide bonds. The summed E-state index contributed by atoms with van der Waals surface area (Å²) in [4.78, 5) is 0. The highest BCUT2D eigenvalue weighted by Gasteiger charge is 2.60. The van der Waals surface area contributed by atoms with Crippen molar-refractivity contribution in [2.24, 2.45) is 0 Å². The van der Waals surface area contributed by atoms with Gasteiger partial charge in [-0.2, -0.15) is 0 Å². The van der Waals surface area contributed by atoms with E-state index in [0.29, 0.717) is 11.2 Å². The Morgan fingerprint density at radius 2 is 1.95 bits per heavy atom. The van der Waals surface area contributed by atoms with Gasteiger partial charge in [0.1, 0.15) is 12.4 Å². The van der Waals surface area contributed by atoms with Crippen LogP contribution in [0.4, 0.5) is 8.78 Å². The maximum atomic E-state index is 12.3. The maximum Gasteiger partial charge on any atom is 0.544 e. The van der Waals surface area contributed by atoms with Crippen molar-refractivity contribution in [3.05, 3.63) is 24.3 Å². The molecular formula is C13H19BF2O3P+. The van der Waals surface area contributed by atoms with Crippen molar-refractivity contribution in [1.82, 2.24) is 0 Å². The normalized spacial score (nSPS) is 20.4. The molecule has 3 nitrogen and oxygen atoms in total. The minimum atomic E-state index is -2.51. The second-order valence-corrected chi connectivity index (χ2v) is 9.58. The average Bonchev–Trinajstić information content (AvgIpc) is 2.56. The van der Waals surface area contributed by atoms with Gasteiger partial charge >= 0.3 is 7.12 Å². The number of alkyl halides is 2. The zero-order chi connectivity index (χ0) is 15.0. The van der Waals surface area contributed by atoms with E-state index in [1.54, 1.807) is 18.2 Å². The Bertz CT molecular complexity index is 466. The van der Waals surface area contributed by atoms with E-state index in [1.807, 2.05) is 19.9 Å². The number of rotatable bonds is 4. The molecule has 0 radical (unpaired) electrons. The number of hydrogen-bond donors (Lipinski definition) is 0. The topological polar surface area (TPSA) is 27.7 Å². The van der Waals surface area contributed by atoms with Gasteiger partial charge in [0.05, 0.1) is 13.3 Å². The monoisotopic (exact) mass is 303 g/mol. The van der Waals surface area contributed by atoms with Crippen molar-refractivity contribution in [3.8, 4) is 5.75 Å². The molecule has 0 spiro atoms. The van der Waals surface area contributed by atoms with Crippen LogP contribution in [0.5, 0.6) is 5.75 Å². The van der Waals surface area contributed by atoms with Crippen molar-refractivity contribution in [2.45, 2.75) is 25.6 Å². The first-order valence-corrected chi connectivity index (χ1v) is 9.03. The minimum Gasteiger partial charge on any atom is -0.488 e. The molecule has 2 rings (SSSR count). The van der Waals surface area contributed by atoms with Gasteiger partial charge in [-0.3, -0.25) is 4.44 Å². The Morgan fingerprint density at radius 3 is 2.50 bits per heavy atom. The fourth-order valence-electron chi connectivity index (χ4n) is 1.86. The molecule has 0 unspecified atom stereocenters. The molecule has 110 valence electrons. The zero-order valence-electron chi connectivity index (χ0n) is 12.1. The van der Waals surface area contributed by atoms with Gasteiger partial charge in [-0.1, -0.05) is 18.2 Å². The van der Waals surface area contributed by atoms with Crippen LogP contribution in [0.2, 0.25) is 0 Å². The first-order chi connectivity index (χ1) is 9.23. The van der Waals surface area contributed by atoms with Crippen molar-refractivity contribution in [1.29, 1.82) is 0 Å². The lowest BCUT2D eigenvalue weighted by Crippen LogP contribution is -2.35. The van der Waals surface area contributed by atoms with Crippen LogP contribution < -0.4 is 10.2 Å². The van der Waals surface area contributed by atoms with Crippen LogP contribution in [-0.2, 0) is 9.10 Å². The van der Waals surface area contributed by atoms with Crippen LogP contribution in [0.3, 0.4) is 0 Å². The van der Waals surface area contributed by atoms with Crippen molar-refractivity contribution in [2.75, 3.05) is 19.9 Å². The molecule has 0 N–H and O–H groups in total. The van der Waals surface area contributed by atoms with Crippen LogP contribution in [0.15, 0.2) is 24.3 Å². The Labute approximate surface area is 119 Å². The quantitative estimate of drug-likeness (QED) is 0.632. The van der Waals surface area contributed by atoms with Gasteiger partial charge in [0.25, 0.3) is 6.43 Å². The summed E-state index contributed by atoms with van der Waals surface area (Å²) in [5.41, 5.74) is 0.659. The van der Waals surface area contributed by atoms with E-state index in [2.05, 4.69) is 13.3 Å². The maximum absolute atomic E-state index is 12.3. The number of halogens is 2. The summed E-state index contributed by atoms with van der Waals surface area (Å²) in [6.07, 6.45) is -2.51. The van der Waals surface area contributed by atoms with E-state index in [-0.39, 0.29) is 5.34 Å². The van der Waals surface area contributed by atoms with Gasteiger partial charge in [0.15, 0.2) is 12.8 Å². The highest BCUT2D eigenvalue weighted by molar-refractivity contribution is 7.72. The third-order valence-electron chi connectivity index (χ3n) is 3.59. The number of hydrogen-bond acceptors (Lipinski definition) is 3. The lowest BCUT2D eigenvalue weighted by molar-refractivity contribution is 0.0822. The summed E-state index contributed by atoms with van der Waals surface area (Å²) in [5.74, 6) is 0.385. The van der Waals surface area contributed by atoms with Crippen LogP contribution in [0.25, 0.3) is 0 Å². The molecule has 0 atom stereocenters. The molecule has 1 aliphatic rings. The van der Waals surface area contributed by atoms with Crippen LogP contribution in [0.1, 0.15) is 13.8 Å². The van der Waals surface area contributed by atoms with Gasteiger partial charge in [0.2, 0.25) is 0 Å². The Balaban J connectivity index is 2.22. The second kappa shape index (κ2) is 5.59. The molecular weight excluding hydrogens is 284 g/mol. The Morgan fingerprint density at radius 1 is 1.30 bits per heavy atom. The van der Waals surface area contributed by atoms with Gasteiger partial charge < -0.3 is 9.39 Å². The van der Waals surface area contributed by atoms with Crippen molar-refractivity contribution in [3.63, 3.8) is 0 Å². The largest absolute Gasteiger partial charge is 0.544 e. The van der Waals surface area contributed by atoms with E-state index in [4.69, 9.17) is 13.8 Å². The van der Waals surface area contributed by atoms with E-state index in [9.17, 15) is 8.78 Å². The molecule has 1 heterocycles. The van der Waals surface area contributed by atoms with Crippen LogP contribution in [0, 0.1) is 0 Å². The summed E-state index contributed by atoms with van der Waals surface area (Å²) < 4.78 is 41.7. The lowest BCUT2D eigenvalue weighted by atomic mass is 9.78. The highest BCUT2D eigenvalue weighted by Crippen LogP contribution is 2.68. The minimum absolute atomic E-state index is 0.368. The third-order valence-corrected chi connectivity index (χ3v) is 7.01. The van der Waals surface area contributed by atoms with Crippen LogP contribution >= 0.6 is 7.49 Å². The number of ether oxygens (including phenoxy) is 1. The fraction of sp³-hybridized carbons (Fsp3) is 0.538. The van der Waals surface area contributed by atoms with Gasteiger partial charge in [-0.25, -0.2) is 8.78 Å². The van der Waals surface area contributed by atoms with Crippen LogP contribution in [-0.4, -0.2) is 38.8 Å². The molecule has 1 aromatic rings. The summed E-state index contributed by atoms with van der Waals surface area (Å²) >= 11 is 0. The molecule has 20 heavy (non-hydrogen) atoms. The predicted octanol–water partition coefficient (Wildman–Crippen LogP) is 3.00. The molecule has 0 aromatic heterocycles. The zero-order valence-corrected chi connectivity index (χ0v) is 13.0. The molecule has 7 heteroatoms. The van der Waals surface area contributed by atoms with Gasteiger partial charge in [-0.15, -0.1) is 0 Å². The fourth-order valence-corrected chi connectivity index (χ4v) is 3.10. The molecule has 1 aromatic carbocycles. The Hall–Kier alpha value is -0.705. The second-order valence-electron chi connectivity index (χ2n) is 5.59. The molecule has 0 aliphatic carbocycles. The summed E-state index contributed by atoms with van der Waals surface area (Å²) in [6, 6.07) is 6.99. The highest BCUT2D eigenvalue weighted by atomic mass is 31.2. The van der Waals surface area contributed by atoms with E-state index in [0.717, 1.165) is 0 Å². The third kappa shape index (κ3) is 3.13. The van der Waals surface area contributed by atoms with Crippen molar-refractivity contribution < 1.29 is 22.6 Å². The van der Waals surface area contributed by atoms with E-state index in [1.165, 1.54) is 0 Å². The van der Waals surface area contributed by atoms with E-state index < -0.39 is 27.6 Å². The molecule has 1 aliphatic heterocycles. The predicted molar refractivity (Wildman–Crippen MR) is 78.3 cm³/mol. The molecule has 0 bridgehead atoms. The van der Waals surface area contributed by atoms with Gasteiger partial charge in [-0.05, 0) is 6.07 Å². The summed E-state index contributed by atoms with van der Waals surface area (Å²) in [7, 11) is -2.27. The first kappa shape index (κ1) is 15.7. The smallest absolute Gasteiger partial charge is 0.488 e. The van der Waals surface area contributed by atoms with E-state index >= 15 is 0 Å². The Kier molecular flexibility index (Phi) is 4.38. The SMILES string of the molecule is CC1(C)OB(c2ccccc2OCC(F)F)O[P+]1(C)C. The number of benzene rings is 1. The van der Waals surface area contributed by atoms with Crippen molar-refractivity contribution >= 4 is 20.1 Å². The standard InChI is InChI=1S/C13H19BF2O3P/c1-13(2)18-14(19-20(13,3)4)10-7-5-6-8-11(10)17-9-12(15)16/h5-8,12H,9H2,1-4H3/q+1. The average molecular weight is 303 g/mol.